The summed E-state index contributed by atoms with van der Waals surface area (Å²) in [5, 5.41) is 9.14. The van der Waals surface area contributed by atoms with Crippen LogP contribution in [0.25, 0.3) is 0 Å². The number of hydrogen-bond acceptors (Lipinski definition) is 4. The first-order chi connectivity index (χ1) is 8.41. The van der Waals surface area contributed by atoms with E-state index in [1.54, 1.807) is 0 Å². The molecule has 0 aromatic rings. The molecule has 110 valence electrons. The van der Waals surface area contributed by atoms with Crippen molar-refractivity contribution in [3.63, 3.8) is 0 Å². The van der Waals surface area contributed by atoms with Crippen LogP contribution in [0, 0.1) is 0 Å². The normalized spacial score (nSPS) is 34.7. The Kier molecular flexibility index (Phi) is 3.68. The maximum atomic E-state index is 13.9. The molecular weight excluding hydrogens is 279 g/mol. The Morgan fingerprint density at radius 1 is 1.47 bits per heavy atom. The predicted molar refractivity (Wildman–Crippen MR) is 51.2 cm³/mol. The molecule has 2 atom stereocenters. The van der Waals surface area contributed by atoms with E-state index in [1.807, 2.05) is 0 Å². The molecule has 1 N–H and O–H groups in total. The van der Waals surface area contributed by atoms with Crippen molar-refractivity contribution in [2.24, 2.45) is 0 Å². The molecule has 19 heavy (non-hydrogen) atoms. The molecule has 0 saturated carbocycles. The fourth-order valence-electron chi connectivity index (χ4n) is 1.64. The second kappa shape index (κ2) is 4.41. The van der Waals surface area contributed by atoms with E-state index < -0.39 is 42.5 Å². The van der Waals surface area contributed by atoms with Crippen LogP contribution in [0.5, 0.6) is 0 Å². The minimum atomic E-state index is -5.75. The second-order valence-corrected chi connectivity index (χ2v) is 4.17. The van der Waals surface area contributed by atoms with Gasteiger partial charge in [-0.2, -0.15) is 22.0 Å². The third kappa shape index (κ3) is 2.20. The van der Waals surface area contributed by atoms with Gasteiger partial charge < -0.3 is 14.6 Å². The molecule has 1 heterocycles. The van der Waals surface area contributed by atoms with Crippen LogP contribution in [0.2, 0.25) is 0 Å². The Morgan fingerprint density at radius 3 is 2.42 bits per heavy atom. The van der Waals surface area contributed by atoms with Crippen LogP contribution >= 0.6 is 0 Å². The lowest BCUT2D eigenvalue weighted by molar-refractivity contribution is -0.469. The predicted octanol–water partition coefficient (Wildman–Crippen LogP) is 1.78. The molecule has 9 heteroatoms. The topological polar surface area (TPSA) is 55.8 Å². The summed E-state index contributed by atoms with van der Waals surface area (Å²) in [6.07, 6.45) is -5.93. The SMILES string of the molecule is C=CC(=O)OC1(C)CCOC(O)(C(F)(F)F)C1(F)F. The van der Waals surface area contributed by atoms with E-state index in [4.69, 9.17) is 5.11 Å². The molecule has 0 aromatic heterocycles. The summed E-state index contributed by atoms with van der Waals surface area (Å²) in [5.74, 6) is -10.9. The Balaban J connectivity index is 3.23. The minimum absolute atomic E-state index is 0.531. The van der Waals surface area contributed by atoms with Crippen LogP contribution in [0.4, 0.5) is 22.0 Å². The summed E-state index contributed by atoms with van der Waals surface area (Å²) in [5.41, 5.74) is -2.86. The van der Waals surface area contributed by atoms with Gasteiger partial charge in [0.15, 0.2) is 5.60 Å². The van der Waals surface area contributed by atoms with Crippen LogP contribution in [0.1, 0.15) is 13.3 Å². The van der Waals surface area contributed by atoms with Crippen LogP contribution in [-0.2, 0) is 14.3 Å². The zero-order valence-corrected chi connectivity index (χ0v) is 9.76. The molecule has 1 aliphatic heterocycles. The highest BCUT2D eigenvalue weighted by Gasteiger charge is 2.79. The highest BCUT2D eigenvalue weighted by molar-refractivity contribution is 5.81. The standard InChI is InChI=1S/C10H11F5O4/c1-3-6(16)19-7(2)4-5-18-9(17,8(7,11)12)10(13,14)15/h3,17H,1,4-5H2,2H3. The van der Waals surface area contributed by atoms with E-state index in [0.29, 0.717) is 13.0 Å². The molecule has 0 spiro atoms. The van der Waals surface area contributed by atoms with Gasteiger partial charge in [0.1, 0.15) is 0 Å². The summed E-state index contributed by atoms with van der Waals surface area (Å²) < 4.78 is 73.6. The highest BCUT2D eigenvalue weighted by atomic mass is 19.4. The molecule has 0 radical (unpaired) electrons. The number of carbonyl (C=O) groups excluding carboxylic acids is 1. The molecular formula is C10H11F5O4. The zero-order chi connectivity index (χ0) is 15.1. The second-order valence-electron chi connectivity index (χ2n) is 4.17. The Bertz CT molecular complexity index is 394. The van der Waals surface area contributed by atoms with E-state index in [9.17, 15) is 26.7 Å². The van der Waals surface area contributed by atoms with Gasteiger partial charge in [0.2, 0.25) is 0 Å². The Morgan fingerprint density at radius 2 is 2.00 bits per heavy atom. The summed E-state index contributed by atoms with van der Waals surface area (Å²) in [7, 11) is 0. The maximum Gasteiger partial charge on any atom is 0.449 e. The number of alkyl halides is 5. The minimum Gasteiger partial charge on any atom is -0.449 e. The number of hydrogen-bond donors (Lipinski definition) is 1. The van der Waals surface area contributed by atoms with Gasteiger partial charge in [0.05, 0.1) is 6.61 Å². The number of rotatable bonds is 2. The summed E-state index contributed by atoms with van der Waals surface area (Å²) in [6, 6.07) is 0. The first kappa shape index (κ1) is 15.8. The monoisotopic (exact) mass is 290 g/mol. The molecule has 1 aliphatic rings. The molecule has 1 saturated heterocycles. The van der Waals surface area contributed by atoms with Gasteiger partial charge in [-0.05, 0) is 6.92 Å². The number of esters is 1. The first-order valence-electron chi connectivity index (χ1n) is 5.07. The fraction of sp³-hybridized carbons (Fsp3) is 0.700. The van der Waals surface area contributed by atoms with E-state index in [0.717, 1.165) is 0 Å². The van der Waals surface area contributed by atoms with E-state index in [2.05, 4.69) is 16.1 Å². The van der Waals surface area contributed by atoms with Gasteiger partial charge in [0.25, 0.3) is 0 Å². The van der Waals surface area contributed by atoms with Gasteiger partial charge in [0, 0.05) is 12.5 Å². The lowest BCUT2D eigenvalue weighted by Gasteiger charge is -2.48. The first-order valence-corrected chi connectivity index (χ1v) is 5.07. The Hall–Kier alpha value is -1.22. The largest absolute Gasteiger partial charge is 0.449 e. The van der Waals surface area contributed by atoms with E-state index in [1.165, 1.54) is 0 Å². The number of halogens is 5. The third-order valence-electron chi connectivity index (χ3n) is 2.86. The van der Waals surface area contributed by atoms with Gasteiger partial charge in [-0.1, -0.05) is 6.58 Å². The van der Waals surface area contributed by atoms with Crippen molar-refractivity contribution in [3.05, 3.63) is 12.7 Å². The van der Waals surface area contributed by atoms with Crippen LogP contribution in [-0.4, -0.2) is 41.2 Å². The molecule has 2 unspecified atom stereocenters. The highest BCUT2D eigenvalue weighted by Crippen LogP contribution is 2.53. The van der Waals surface area contributed by atoms with Crippen molar-refractivity contribution in [2.75, 3.05) is 6.61 Å². The smallest absolute Gasteiger partial charge is 0.449 e. The third-order valence-corrected chi connectivity index (χ3v) is 2.86. The molecule has 1 fully saturated rings. The van der Waals surface area contributed by atoms with Gasteiger partial charge in [-0.3, -0.25) is 0 Å². The molecule has 0 aliphatic carbocycles. The summed E-state index contributed by atoms with van der Waals surface area (Å²) >= 11 is 0. The van der Waals surface area contributed by atoms with Gasteiger partial charge >= 0.3 is 23.9 Å². The van der Waals surface area contributed by atoms with Crippen molar-refractivity contribution >= 4 is 5.97 Å². The average Bonchev–Trinajstić information content (AvgIpc) is 2.24. The number of aliphatic hydroxyl groups is 1. The molecule has 1 rings (SSSR count). The lowest BCUT2D eigenvalue weighted by atomic mass is 9.85. The Labute approximate surface area is 104 Å². The zero-order valence-electron chi connectivity index (χ0n) is 9.76. The van der Waals surface area contributed by atoms with Crippen molar-refractivity contribution in [1.29, 1.82) is 0 Å². The van der Waals surface area contributed by atoms with Crippen LogP contribution in [0.3, 0.4) is 0 Å². The lowest BCUT2D eigenvalue weighted by Crippen LogP contribution is -2.72. The molecule has 4 nitrogen and oxygen atoms in total. The van der Waals surface area contributed by atoms with Crippen LogP contribution in [0.15, 0.2) is 12.7 Å². The van der Waals surface area contributed by atoms with Gasteiger partial charge in [-0.25, -0.2) is 4.79 Å². The van der Waals surface area contributed by atoms with Crippen molar-refractivity contribution in [1.82, 2.24) is 0 Å². The van der Waals surface area contributed by atoms with Gasteiger partial charge in [-0.15, -0.1) is 0 Å². The molecule has 0 aromatic carbocycles. The van der Waals surface area contributed by atoms with E-state index >= 15 is 0 Å². The number of carbonyl (C=O) groups is 1. The molecule has 0 amide bonds. The number of ether oxygens (including phenoxy) is 2. The van der Waals surface area contributed by atoms with Crippen LogP contribution < -0.4 is 0 Å². The quantitative estimate of drug-likeness (QED) is 0.478. The average molecular weight is 290 g/mol. The van der Waals surface area contributed by atoms with Crippen molar-refractivity contribution in [2.45, 2.75) is 36.8 Å². The van der Waals surface area contributed by atoms with Crippen molar-refractivity contribution < 1.29 is 41.3 Å². The van der Waals surface area contributed by atoms with E-state index in [-0.39, 0.29) is 0 Å². The summed E-state index contributed by atoms with van der Waals surface area (Å²) in [4.78, 5) is 11.0. The van der Waals surface area contributed by atoms with Crippen molar-refractivity contribution in [3.8, 4) is 0 Å². The molecule has 0 bridgehead atoms. The fourth-order valence-corrected chi connectivity index (χ4v) is 1.64. The maximum absolute atomic E-state index is 13.9. The summed E-state index contributed by atoms with van der Waals surface area (Å²) in [6.45, 7) is 2.69.